The molecule has 2 N–H and O–H groups in total. The molecule has 2 aromatic heterocycles. The number of nitrogens with one attached hydrogen (secondary N) is 2. The zero-order valence-corrected chi connectivity index (χ0v) is 14.4. The molecule has 0 spiro atoms. The monoisotopic (exact) mass is 337 g/mol. The molecule has 0 aliphatic heterocycles. The summed E-state index contributed by atoms with van der Waals surface area (Å²) in [5.74, 6) is 0.924. The van der Waals surface area contributed by atoms with E-state index in [9.17, 15) is 4.79 Å². The maximum atomic E-state index is 11.7. The van der Waals surface area contributed by atoms with Gasteiger partial charge >= 0.3 is 6.03 Å². The van der Waals surface area contributed by atoms with E-state index in [2.05, 4.69) is 32.3 Å². The number of benzene rings is 1. The van der Waals surface area contributed by atoms with Crippen LogP contribution in [0.5, 0.6) is 0 Å². The van der Waals surface area contributed by atoms with Crippen molar-refractivity contribution in [1.82, 2.24) is 25.2 Å². The van der Waals surface area contributed by atoms with Gasteiger partial charge in [-0.1, -0.05) is 37.3 Å². The third-order valence-electron chi connectivity index (χ3n) is 3.94. The fourth-order valence-corrected chi connectivity index (χ4v) is 2.72. The van der Waals surface area contributed by atoms with Crippen LogP contribution in [-0.4, -0.2) is 33.7 Å². The van der Waals surface area contributed by atoms with Crippen LogP contribution in [0.1, 0.15) is 24.7 Å². The molecule has 0 aliphatic carbocycles. The fraction of sp³-hybridized carbons (Fsp3) is 0.316. The average molecular weight is 337 g/mol. The van der Waals surface area contributed by atoms with Crippen LogP contribution in [0.2, 0.25) is 0 Å². The number of urea groups is 1. The van der Waals surface area contributed by atoms with Crippen molar-refractivity contribution < 1.29 is 4.79 Å². The molecule has 0 atom stereocenters. The smallest absolute Gasteiger partial charge is 0.314 e. The zero-order valence-electron chi connectivity index (χ0n) is 14.4. The van der Waals surface area contributed by atoms with Gasteiger partial charge in [-0.05, 0) is 24.1 Å². The van der Waals surface area contributed by atoms with E-state index in [-0.39, 0.29) is 6.03 Å². The predicted octanol–water partition coefficient (Wildman–Crippen LogP) is 2.73. The number of rotatable bonds is 7. The highest BCUT2D eigenvalue weighted by Crippen LogP contribution is 2.16. The van der Waals surface area contributed by atoms with Crippen molar-refractivity contribution in [2.45, 2.75) is 26.3 Å². The van der Waals surface area contributed by atoms with Crippen molar-refractivity contribution in [1.29, 1.82) is 0 Å². The summed E-state index contributed by atoms with van der Waals surface area (Å²) in [7, 11) is 0. The second-order valence-corrected chi connectivity index (χ2v) is 5.88. The van der Waals surface area contributed by atoms with Crippen LogP contribution in [0.4, 0.5) is 4.79 Å². The van der Waals surface area contributed by atoms with Crippen LogP contribution in [0.25, 0.3) is 11.2 Å². The summed E-state index contributed by atoms with van der Waals surface area (Å²) >= 11 is 0. The highest BCUT2D eigenvalue weighted by atomic mass is 16.2. The molecule has 2 amide bonds. The van der Waals surface area contributed by atoms with Gasteiger partial charge in [-0.3, -0.25) is 0 Å². The lowest BCUT2D eigenvalue weighted by molar-refractivity contribution is 0.241. The van der Waals surface area contributed by atoms with Gasteiger partial charge in [0.25, 0.3) is 0 Å². The summed E-state index contributed by atoms with van der Waals surface area (Å²) in [4.78, 5) is 20.9. The van der Waals surface area contributed by atoms with Gasteiger partial charge in [-0.2, -0.15) is 0 Å². The lowest BCUT2D eigenvalue weighted by Gasteiger charge is -2.10. The van der Waals surface area contributed by atoms with Crippen molar-refractivity contribution in [3.05, 3.63) is 60.0 Å². The number of imidazole rings is 1. The third kappa shape index (κ3) is 4.35. The topological polar surface area (TPSA) is 71.8 Å². The van der Waals surface area contributed by atoms with Crippen LogP contribution in [0.3, 0.4) is 0 Å². The molecule has 0 aliphatic rings. The van der Waals surface area contributed by atoms with Crippen molar-refractivity contribution in [2.75, 3.05) is 13.1 Å². The van der Waals surface area contributed by atoms with Gasteiger partial charge in [0.1, 0.15) is 11.3 Å². The minimum atomic E-state index is -0.134. The molecular weight excluding hydrogens is 314 g/mol. The Morgan fingerprint density at radius 3 is 2.68 bits per heavy atom. The lowest BCUT2D eigenvalue weighted by atomic mass is 10.2. The summed E-state index contributed by atoms with van der Waals surface area (Å²) in [5, 5.41) is 5.69. The predicted molar refractivity (Wildman–Crippen MR) is 98.5 cm³/mol. The number of hydrogen-bond acceptors (Lipinski definition) is 3. The first kappa shape index (κ1) is 17.0. The quantitative estimate of drug-likeness (QED) is 0.696. The maximum Gasteiger partial charge on any atom is 0.314 e. The minimum absolute atomic E-state index is 0.134. The Balaban J connectivity index is 1.75. The maximum absolute atomic E-state index is 11.7. The first-order valence-corrected chi connectivity index (χ1v) is 8.63. The van der Waals surface area contributed by atoms with Crippen molar-refractivity contribution >= 4 is 17.2 Å². The lowest BCUT2D eigenvalue weighted by Crippen LogP contribution is -2.37. The van der Waals surface area contributed by atoms with E-state index in [0.717, 1.165) is 23.4 Å². The first-order chi connectivity index (χ1) is 12.3. The number of nitrogens with zero attached hydrogens (tertiary/aromatic N) is 3. The number of pyridine rings is 1. The summed E-state index contributed by atoms with van der Waals surface area (Å²) in [6, 6.07) is 14.0. The summed E-state index contributed by atoms with van der Waals surface area (Å²) in [6.45, 7) is 3.96. The van der Waals surface area contributed by atoms with Crippen molar-refractivity contribution in [2.24, 2.45) is 0 Å². The Kier molecular flexibility index (Phi) is 5.61. The largest absolute Gasteiger partial charge is 0.338 e. The molecule has 0 unspecified atom stereocenters. The SMILES string of the molecule is CCCNC(=O)NCCc1nc2cccnc2n1Cc1ccccc1. The highest BCUT2D eigenvalue weighted by molar-refractivity contribution is 5.74. The molecule has 0 fully saturated rings. The summed E-state index contributed by atoms with van der Waals surface area (Å²) in [5.41, 5.74) is 2.95. The Labute approximate surface area is 147 Å². The van der Waals surface area contributed by atoms with Crippen molar-refractivity contribution in [3.63, 3.8) is 0 Å². The molecule has 1 aromatic carbocycles. The number of carbonyl (C=O) groups is 1. The normalized spacial score (nSPS) is 10.8. The van der Waals surface area contributed by atoms with Crippen LogP contribution >= 0.6 is 0 Å². The molecule has 0 radical (unpaired) electrons. The summed E-state index contributed by atoms with van der Waals surface area (Å²) in [6.07, 6.45) is 3.36. The van der Waals surface area contributed by atoms with E-state index in [0.29, 0.717) is 26.1 Å². The second kappa shape index (κ2) is 8.28. The average Bonchev–Trinajstić information content (AvgIpc) is 2.98. The molecular formula is C19H23N5O. The van der Waals surface area contributed by atoms with Crippen LogP contribution in [0, 0.1) is 0 Å². The van der Waals surface area contributed by atoms with Crippen LogP contribution < -0.4 is 10.6 Å². The van der Waals surface area contributed by atoms with E-state index in [1.54, 1.807) is 6.20 Å². The molecule has 2 heterocycles. The molecule has 25 heavy (non-hydrogen) atoms. The van der Waals surface area contributed by atoms with Gasteiger partial charge in [0.15, 0.2) is 5.65 Å². The number of carbonyl (C=O) groups excluding carboxylic acids is 1. The number of hydrogen-bond donors (Lipinski definition) is 2. The summed E-state index contributed by atoms with van der Waals surface area (Å²) < 4.78 is 2.12. The molecule has 6 nitrogen and oxygen atoms in total. The molecule has 6 heteroatoms. The number of fused-ring (bicyclic) bond motifs is 1. The standard InChI is InChI=1S/C19H23N5O/c1-2-11-21-19(25)22-13-10-17-23-16-9-6-12-20-18(16)24(17)14-15-7-4-3-5-8-15/h3-9,12H,2,10-11,13-14H2,1H3,(H2,21,22,25). The zero-order chi connectivity index (χ0) is 17.5. The van der Waals surface area contributed by atoms with Crippen molar-refractivity contribution in [3.8, 4) is 0 Å². The van der Waals surface area contributed by atoms with E-state index < -0.39 is 0 Å². The van der Waals surface area contributed by atoms with E-state index in [1.807, 2.05) is 37.3 Å². The fourth-order valence-electron chi connectivity index (χ4n) is 2.72. The molecule has 3 rings (SSSR count). The van der Waals surface area contributed by atoms with Gasteiger partial charge in [0.05, 0.1) is 6.54 Å². The van der Waals surface area contributed by atoms with Crippen LogP contribution in [-0.2, 0) is 13.0 Å². The van der Waals surface area contributed by atoms with Crippen LogP contribution in [0.15, 0.2) is 48.7 Å². The second-order valence-electron chi connectivity index (χ2n) is 5.88. The molecule has 130 valence electrons. The van der Waals surface area contributed by atoms with Gasteiger partial charge in [0, 0.05) is 25.7 Å². The number of aromatic nitrogens is 3. The van der Waals surface area contributed by atoms with Gasteiger partial charge in [0.2, 0.25) is 0 Å². The Hall–Kier alpha value is -2.89. The number of amides is 2. The Bertz CT molecular complexity index is 828. The Morgan fingerprint density at radius 1 is 1.08 bits per heavy atom. The first-order valence-electron chi connectivity index (χ1n) is 8.63. The van der Waals surface area contributed by atoms with Gasteiger partial charge < -0.3 is 15.2 Å². The molecule has 0 saturated carbocycles. The third-order valence-corrected chi connectivity index (χ3v) is 3.94. The molecule has 0 bridgehead atoms. The van der Waals surface area contributed by atoms with Gasteiger partial charge in [-0.15, -0.1) is 0 Å². The van der Waals surface area contributed by atoms with Gasteiger partial charge in [-0.25, -0.2) is 14.8 Å². The van der Waals surface area contributed by atoms with E-state index in [4.69, 9.17) is 4.98 Å². The van der Waals surface area contributed by atoms with E-state index >= 15 is 0 Å². The Morgan fingerprint density at radius 2 is 1.88 bits per heavy atom. The molecule has 0 saturated heterocycles. The van der Waals surface area contributed by atoms with E-state index in [1.165, 1.54) is 5.56 Å². The molecule has 3 aromatic rings. The highest BCUT2D eigenvalue weighted by Gasteiger charge is 2.12. The minimum Gasteiger partial charge on any atom is -0.338 e.